The highest BCUT2D eigenvalue weighted by Gasteiger charge is 2.34. The third-order valence-electron chi connectivity index (χ3n) is 6.59. The van der Waals surface area contributed by atoms with Gasteiger partial charge in [-0.3, -0.25) is 13.9 Å². The maximum Gasteiger partial charge on any atom is 0.244 e. The first kappa shape index (κ1) is 30.2. The first-order chi connectivity index (χ1) is 19.6. The van der Waals surface area contributed by atoms with E-state index in [4.69, 9.17) is 21.1 Å². The van der Waals surface area contributed by atoms with Gasteiger partial charge in [0.05, 0.1) is 11.4 Å². The molecule has 0 saturated carbocycles. The van der Waals surface area contributed by atoms with Gasteiger partial charge < -0.3 is 19.7 Å². The van der Waals surface area contributed by atoms with Crippen LogP contribution < -0.4 is 19.1 Å². The minimum atomic E-state index is -3.89. The Bertz CT molecular complexity index is 1470. The summed E-state index contributed by atoms with van der Waals surface area (Å²) in [6, 6.07) is 20.0. The molecule has 0 spiro atoms. The SMILES string of the molecule is CCS(=O)(=O)N(CC(=O)N(Cc1ccc(Cl)cc1)[C@H](Cc1ccccc1)C(=O)NC(C)C)c1ccc2c(c1)OCO2. The lowest BCUT2D eigenvalue weighted by Gasteiger charge is -2.34. The Labute approximate surface area is 246 Å². The molecule has 9 nitrogen and oxygen atoms in total. The van der Waals surface area contributed by atoms with Gasteiger partial charge in [-0.05, 0) is 56.2 Å². The van der Waals surface area contributed by atoms with Crippen molar-refractivity contribution in [1.82, 2.24) is 10.2 Å². The lowest BCUT2D eigenvalue weighted by Crippen LogP contribution is -2.54. The van der Waals surface area contributed by atoms with Crippen molar-refractivity contribution in [3.8, 4) is 11.5 Å². The van der Waals surface area contributed by atoms with E-state index >= 15 is 0 Å². The van der Waals surface area contributed by atoms with E-state index in [0.717, 1.165) is 15.4 Å². The summed E-state index contributed by atoms with van der Waals surface area (Å²) in [4.78, 5) is 29.2. The van der Waals surface area contributed by atoms with Gasteiger partial charge in [0, 0.05) is 30.1 Å². The Morgan fingerprint density at radius 1 is 0.951 bits per heavy atom. The maximum atomic E-state index is 14.2. The average molecular weight is 600 g/mol. The maximum absolute atomic E-state index is 14.2. The van der Waals surface area contributed by atoms with Crippen LogP contribution in [0.2, 0.25) is 5.02 Å². The van der Waals surface area contributed by atoms with Crippen molar-refractivity contribution in [3.05, 3.63) is 88.9 Å². The van der Waals surface area contributed by atoms with E-state index in [0.29, 0.717) is 16.5 Å². The Morgan fingerprint density at radius 2 is 1.63 bits per heavy atom. The molecule has 218 valence electrons. The molecule has 0 aromatic heterocycles. The van der Waals surface area contributed by atoms with Crippen molar-refractivity contribution < 1.29 is 27.5 Å². The largest absolute Gasteiger partial charge is 0.454 e. The number of sulfonamides is 1. The predicted octanol–water partition coefficient (Wildman–Crippen LogP) is 4.39. The second kappa shape index (κ2) is 13.3. The number of amides is 2. The molecule has 1 atom stereocenters. The quantitative estimate of drug-likeness (QED) is 0.331. The molecule has 11 heteroatoms. The molecule has 4 rings (SSSR count). The van der Waals surface area contributed by atoms with Crippen LogP contribution in [0.4, 0.5) is 5.69 Å². The van der Waals surface area contributed by atoms with Crippen molar-refractivity contribution in [1.29, 1.82) is 0 Å². The normalized spacial score (nSPS) is 13.1. The Morgan fingerprint density at radius 3 is 2.29 bits per heavy atom. The van der Waals surface area contributed by atoms with Crippen LogP contribution in [0.1, 0.15) is 31.9 Å². The third kappa shape index (κ3) is 7.71. The summed E-state index contributed by atoms with van der Waals surface area (Å²) in [6.07, 6.45) is 0.239. The van der Waals surface area contributed by atoms with E-state index < -0.39 is 28.5 Å². The molecule has 1 heterocycles. The molecule has 0 aliphatic carbocycles. The molecule has 3 aromatic carbocycles. The van der Waals surface area contributed by atoms with Crippen molar-refractivity contribution in [2.24, 2.45) is 0 Å². The van der Waals surface area contributed by atoms with Crippen LogP contribution in [0.3, 0.4) is 0 Å². The summed E-state index contributed by atoms with van der Waals surface area (Å²) in [5, 5.41) is 3.47. The van der Waals surface area contributed by atoms with Crippen LogP contribution in [0, 0.1) is 0 Å². The van der Waals surface area contributed by atoms with Gasteiger partial charge in [0.25, 0.3) is 0 Å². The van der Waals surface area contributed by atoms with E-state index in [-0.39, 0.29) is 43.1 Å². The van der Waals surface area contributed by atoms with E-state index in [1.165, 1.54) is 11.8 Å². The zero-order chi connectivity index (χ0) is 29.6. The fraction of sp³-hybridized carbons (Fsp3) is 0.333. The molecule has 41 heavy (non-hydrogen) atoms. The Hall–Kier alpha value is -3.76. The summed E-state index contributed by atoms with van der Waals surface area (Å²) < 4.78 is 38.4. The lowest BCUT2D eigenvalue weighted by molar-refractivity contribution is -0.140. The zero-order valence-corrected chi connectivity index (χ0v) is 24.8. The van der Waals surface area contributed by atoms with Gasteiger partial charge in [0.2, 0.25) is 28.6 Å². The number of hydrogen-bond donors (Lipinski definition) is 1. The smallest absolute Gasteiger partial charge is 0.244 e. The van der Waals surface area contributed by atoms with Gasteiger partial charge in [-0.25, -0.2) is 8.42 Å². The number of fused-ring (bicyclic) bond motifs is 1. The standard InChI is InChI=1S/C30H34ClN3O6S/c1-4-41(37,38)34(25-14-15-27-28(17-25)40-20-39-27)19-29(35)33(18-23-10-12-24(31)13-11-23)26(30(36)32-21(2)3)16-22-8-6-5-7-9-22/h5-15,17,21,26H,4,16,18-20H2,1-3H3,(H,32,36)/t26-/m1/s1. The molecule has 1 N–H and O–H groups in total. The molecule has 0 bridgehead atoms. The number of carbonyl (C=O) groups is 2. The minimum Gasteiger partial charge on any atom is -0.454 e. The van der Waals surface area contributed by atoms with Crippen LogP contribution in [-0.2, 0) is 32.6 Å². The van der Waals surface area contributed by atoms with Crippen LogP contribution in [0.5, 0.6) is 11.5 Å². The molecule has 2 amide bonds. The predicted molar refractivity (Wildman–Crippen MR) is 159 cm³/mol. The molecule has 0 fully saturated rings. The molecular weight excluding hydrogens is 566 g/mol. The number of nitrogens with zero attached hydrogens (tertiary/aromatic N) is 2. The highest BCUT2D eigenvalue weighted by Crippen LogP contribution is 2.36. The molecule has 0 radical (unpaired) electrons. The van der Waals surface area contributed by atoms with Crippen LogP contribution in [-0.4, -0.2) is 56.3 Å². The van der Waals surface area contributed by atoms with Crippen LogP contribution in [0.25, 0.3) is 0 Å². The topological polar surface area (TPSA) is 105 Å². The molecule has 1 aliphatic heterocycles. The van der Waals surface area contributed by atoms with Crippen molar-refractivity contribution in [2.45, 2.75) is 45.8 Å². The monoisotopic (exact) mass is 599 g/mol. The summed E-state index contributed by atoms with van der Waals surface area (Å²) in [5.74, 6) is -0.213. The van der Waals surface area contributed by atoms with Gasteiger partial charge in [-0.1, -0.05) is 54.1 Å². The highest BCUT2D eigenvalue weighted by molar-refractivity contribution is 7.92. The van der Waals surface area contributed by atoms with E-state index in [1.54, 1.807) is 42.5 Å². The first-order valence-corrected chi connectivity index (χ1v) is 15.3. The summed E-state index contributed by atoms with van der Waals surface area (Å²) >= 11 is 6.09. The summed E-state index contributed by atoms with van der Waals surface area (Å²) in [6.45, 7) is 4.79. The number of hydrogen-bond acceptors (Lipinski definition) is 6. The second-order valence-electron chi connectivity index (χ2n) is 9.96. The minimum absolute atomic E-state index is 0.0270. The number of halogens is 1. The third-order valence-corrected chi connectivity index (χ3v) is 8.58. The fourth-order valence-corrected chi connectivity index (χ4v) is 5.66. The first-order valence-electron chi connectivity index (χ1n) is 13.4. The number of benzene rings is 3. The van der Waals surface area contributed by atoms with Crippen molar-refractivity contribution in [2.75, 3.05) is 23.4 Å². The average Bonchev–Trinajstić information content (AvgIpc) is 3.42. The molecule has 1 aliphatic rings. The van der Waals surface area contributed by atoms with Gasteiger partial charge in [0.15, 0.2) is 11.5 Å². The highest BCUT2D eigenvalue weighted by atomic mass is 35.5. The van der Waals surface area contributed by atoms with Gasteiger partial charge in [-0.15, -0.1) is 0 Å². The van der Waals surface area contributed by atoms with Gasteiger partial charge >= 0.3 is 0 Å². The van der Waals surface area contributed by atoms with Crippen molar-refractivity contribution >= 4 is 39.1 Å². The molecule has 0 saturated heterocycles. The number of nitrogens with one attached hydrogen (secondary N) is 1. The molecule has 0 unspecified atom stereocenters. The zero-order valence-electron chi connectivity index (χ0n) is 23.2. The van der Waals surface area contributed by atoms with E-state index in [2.05, 4.69) is 5.32 Å². The van der Waals surface area contributed by atoms with Crippen LogP contribution in [0.15, 0.2) is 72.8 Å². The molecule has 3 aromatic rings. The number of carbonyl (C=O) groups excluding carboxylic acids is 2. The Kier molecular flexibility index (Phi) is 9.77. The summed E-state index contributed by atoms with van der Waals surface area (Å²) in [7, 11) is -3.89. The van der Waals surface area contributed by atoms with Crippen molar-refractivity contribution in [3.63, 3.8) is 0 Å². The number of anilines is 1. The fourth-order valence-electron chi connectivity index (χ4n) is 4.48. The number of ether oxygens (including phenoxy) is 2. The van der Waals surface area contributed by atoms with E-state index in [1.807, 2.05) is 44.2 Å². The second-order valence-corrected chi connectivity index (χ2v) is 12.6. The van der Waals surface area contributed by atoms with Gasteiger partial charge in [0.1, 0.15) is 12.6 Å². The Balaban J connectivity index is 1.74. The lowest BCUT2D eigenvalue weighted by atomic mass is 10.0. The van der Waals surface area contributed by atoms with Crippen LogP contribution >= 0.6 is 11.6 Å². The molecular formula is C30H34ClN3O6S. The summed E-state index contributed by atoms with van der Waals surface area (Å²) in [5.41, 5.74) is 1.87. The van der Waals surface area contributed by atoms with Gasteiger partial charge in [-0.2, -0.15) is 0 Å². The number of rotatable bonds is 12. The van der Waals surface area contributed by atoms with E-state index in [9.17, 15) is 18.0 Å².